The third-order valence-corrected chi connectivity index (χ3v) is 2.38. The normalized spacial score (nSPS) is 10.9. The zero-order valence-electron chi connectivity index (χ0n) is 8.55. The molecule has 0 aliphatic heterocycles. The molecule has 0 spiro atoms. The number of aromatic hydroxyl groups is 1. The third-order valence-electron chi connectivity index (χ3n) is 2.38. The van der Waals surface area contributed by atoms with Crippen molar-refractivity contribution in [2.24, 2.45) is 0 Å². The Kier molecular flexibility index (Phi) is 2.01. The maximum Gasteiger partial charge on any atom is 0.181 e. The Bertz CT molecular complexity index is 662. The van der Waals surface area contributed by atoms with Gasteiger partial charge < -0.3 is 10.1 Å². The first-order valence-corrected chi connectivity index (χ1v) is 4.88. The Balaban J connectivity index is 2.20. The summed E-state index contributed by atoms with van der Waals surface area (Å²) in [5.74, 6) is -0.239. The minimum Gasteiger partial charge on any atom is -0.507 e. The van der Waals surface area contributed by atoms with Crippen LogP contribution in [0, 0.1) is 5.82 Å². The molecule has 0 bridgehead atoms. The minimum atomic E-state index is -0.498. The van der Waals surface area contributed by atoms with Gasteiger partial charge in [0.15, 0.2) is 5.65 Å². The number of fused-ring (bicyclic) bond motifs is 1. The molecule has 0 atom stereocenters. The number of H-pyrrole nitrogens is 1. The number of hydrogen-bond donors (Lipinski definition) is 2. The van der Waals surface area contributed by atoms with E-state index < -0.39 is 5.82 Å². The molecule has 5 nitrogen and oxygen atoms in total. The van der Waals surface area contributed by atoms with Crippen LogP contribution in [-0.2, 0) is 0 Å². The average molecular weight is 230 g/mol. The lowest BCUT2D eigenvalue weighted by molar-refractivity contribution is 0.471. The number of hydrogen-bond acceptors (Lipinski definition) is 4. The van der Waals surface area contributed by atoms with Gasteiger partial charge in [0.2, 0.25) is 0 Å². The van der Waals surface area contributed by atoms with Gasteiger partial charge in [-0.3, -0.25) is 0 Å². The number of aromatic nitrogens is 4. The lowest BCUT2D eigenvalue weighted by atomic mass is 10.2. The zero-order chi connectivity index (χ0) is 11.8. The van der Waals surface area contributed by atoms with Crippen molar-refractivity contribution in [2.45, 2.75) is 0 Å². The molecule has 0 fully saturated rings. The molecule has 84 valence electrons. The quantitative estimate of drug-likeness (QED) is 0.669. The Hall–Kier alpha value is -2.50. The summed E-state index contributed by atoms with van der Waals surface area (Å²) < 4.78 is 12.9. The van der Waals surface area contributed by atoms with Crippen LogP contribution in [0.3, 0.4) is 0 Å². The van der Waals surface area contributed by atoms with Crippen molar-refractivity contribution in [2.75, 3.05) is 0 Å². The van der Waals surface area contributed by atoms with Gasteiger partial charge in [0.05, 0.1) is 11.8 Å². The average Bonchev–Trinajstić information content (AvgIpc) is 2.72. The summed E-state index contributed by atoms with van der Waals surface area (Å²) in [6, 6.07) is 3.75. The highest BCUT2D eigenvalue weighted by molar-refractivity contribution is 5.76. The Morgan fingerprint density at radius 1 is 1.29 bits per heavy atom. The Labute approximate surface area is 95.0 Å². The summed E-state index contributed by atoms with van der Waals surface area (Å²) in [5, 5.41) is 9.63. The second-order valence-corrected chi connectivity index (χ2v) is 3.51. The first-order valence-electron chi connectivity index (χ1n) is 4.88. The SMILES string of the molecule is Oc1cc(F)ccc1-c1nc2ncncc2[nH]1. The van der Waals surface area contributed by atoms with Gasteiger partial charge in [-0.15, -0.1) is 0 Å². The maximum atomic E-state index is 12.9. The fourth-order valence-electron chi connectivity index (χ4n) is 1.59. The molecule has 0 saturated carbocycles. The third kappa shape index (κ3) is 1.59. The minimum absolute atomic E-state index is 0.169. The molecule has 0 aliphatic rings. The van der Waals surface area contributed by atoms with Crippen LogP contribution in [0.2, 0.25) is 0 Å². The largest absolute Gasteiger partial charge is 0.507 e. The first-order chi connectivity index (χ1) is 8.24. The fraction of sp³-hybridized carbons (Fsp3) is 0. The van der Waals surface area contributed by atoms with Gasteiger partial charge >= 0.3 is 0 Å². The number of nitrogens with zero attached hydrogens (tertiary/aromatic N) is 3. The van der Waals surface area contributed by atoms with Gasteiger partial charge in [-0.25, -0.2) is 19.3 Å². The van der Waals surface area contributed by atoms with Crippen LogP contribution in [0.5, 0.6) is 5.75 Å². The molecule has 0 unspecified atom stereocenters. The van der Waals surface area contributed by atoms with Crippen molar-refractivity contribution < 1.29 is 9.50 Å². The van der Waals surface area contributed by atoms with E-state index in [-0.39, 0.29) is 5.75 Å². The number of phenolic OH excluding ortho intramolecular Hbond substituents is 1. The molecule has 2 heterocycles. The summed E-state index contributed by atoms with van der Waals surface area (Å²) in [6.07, 6.45) is 2.97. The highest BCUT2D eigenvalue weighted by atomic mass is 19.1. The van der Waals surface area contributed by atoms with Gasteiger partial charge in [-0.1, -0.05) is 0 Å². The van der Waals surface area contributed by atoms with Crippen molar-refractivity contribution >= 4 is 11.2 Å². The molecular formula is C11H7FN4O. The van der Waals surface area contributed by atoms with Crippen LogP contribution in [0.25, 0.3) is 22.6 Å². The van der Waals surface area contributed by atoms with Gasteiger partial charge in [0, 0.05) is 6.07 Å². The number of nitrogens with one attached hydrogen (secondary N) is 1. The summed E-state index contributed by atoms with van der Waals surface area (Å²) in [7, 11) is 0. The molecule has 2 aromatic heterocycles. The number of halogens is 1. The predicted octanol–water partition coefficient (Wildman–Crippen LogP) is 1.86. The topological polar surface area (TPSA) is 74.7 Å². The van der Waals surface area contributed by atoms with Gasteiger partial charge in [-0.05, 0) is 12.1 Å². The van der Waals surface area contributed by atoms with E-state index in [1.807, 2.05) is 0 Å². The molecule has 2 N–H and O–H groups in total. The summed E-state index contributed by atoms with van der Waals surface area (Å²) in [5.41, 5.74) is 1.58. The summed E-state index contributed by atoms with van der Waals surface area (Å²) in [4.78, 5) is 15.0. The molecule has 3 aromatic rings. The number of benzene rings is 1. The fourth-order valence-corrected chi connectivity index (χ4v) is 1.59. The van der Waals surface area contributed by atoms with Crippen LogP contribution in [-0.4, -0.2) is 25.0 Å². The maximum absolute atomic E-state index is 12.9. The lowest BCUT2D eigenvalue weighted by Crippen LogP contribution is -1.83. The van der Waals surface area contributed by atoms with Crippen LogP contribution >= 0.6 is 0 Å². The van der Waals surface area contributed by atoms with E-state index in [0.717, 1.165) is 6.07 Å². The smallest absolute Gasteiger partial charge is 0.181 e. The molecule has 0 saturated heterocycles. The number of imidazole rings is 1. The van der Waals surface area contributed by atoms with Crippen LogP contribution in [0.4, 0.5) is 4.39 Å². The molecule has 0 radical (unpaired) electrons. The summed E-state index contributed by atoms with van der Waals surface area (Å²) >= 11 is 0. The second-order valence-electron chi connectivity index (χ2n) is 3.51. The molecule has 6 heteroatoms. The Morgan fingerprint density at radius 3 is 2.94 bits per heavy atom. The molecule has 0 amide bonds. The van der Waals surface area contributed by atoms with E-state index in [0.29, 0.717) is 22.6 Å². The van der Waals surface area contributed by atoms with Gasteiger partial charge in [-0.2, -0.15) is 0 Å². The van der Waals surface area contributed by atoms with Crippen LogP contribution < -0.4 is 0 Å². The second kappa shape index (κ2) is 3.51. The van der Waals surface area contributed by atoms with E-state index in [2.05, 4.69) is 19.9 Å². The van der Waals surface area contributed by atoms with Gasteiger partial charge in [0.25, 0.3) is 0 Å². The van der Waals surface area contributed by atoms with Crippen molar-refractivity contribution in [3.05, 3.63) is 36.5 Å². The molecular weight excluding hydrogens is 223 g/mol. The number of rotatable bonds is 1. The van der Waals surface area contributed by atoms with Gasteiger partial charge in [0.1, 0.15) is 29.2 Å². The monoisotopic (exact) mass is 230 g/mol. The van der Waals surface area contributed by atoms with E-state index >= 15 is 0 Å². The number of aromatic amines is 1. The van der Waals surface area contributed by atoms with Crippen LogP contribution in [0.15, 0.2) is 30.7 Å². The van der Waals surface area contributed by atoms with E-state index in [1.54, 1.807) is 6.20 Å². The molecule has 17 heavy (non-hydrogen) atoms. The lowest BCUT2D eigenvalue weighted by Gasteiger charge is -2.00. The predicted molar refractivity (Wildman–Crippen MR) is 58.7 cm³/mol. The first kappa shape index (κ1) is 9.71. The van der Waals surface area contributed by atoms with Crippen LogP contribution in [0.1, 0.15) is 0 Å². The Morgan fingerprint density at radius 2 is 2.18 bits per heavy atom. The van der Waals surface area contributed by atoms with Crippen molar-refractivity contribution in [1.82, 2.24) is 19.9 Å². The molecule has 1 aromatic carbocycles. The standard InChI is InChI=1S/C11H7FN4O/c12-6-1-2-7(9(17)3-6)10-15-8-4-13-5-14-11(8)16-10/h1-5,17H,(H,13,14,15,16). The highest BCUT2D eigenvalue weighted by Gasteiger charge is 2.10. The molecule has 0 aliphatic carbocycles. The van der Waals surface area contributed by atoms with E-state index in [9.17, 15) is 9.50 Å². The molecule has 3 rings (SSSR count). The zero-order valence-corrected chi connectivity index (χ0v) is 8.55. The van der Waals surface area contributed by atoms with E-state index in [1.165, 1.54) is 18.5 Å². The van der Waals surface area contributed by atoms with Crippen molar-refractivity contribution in [1.29, 1.82) is 0 Å². The summed E-state index contributed by atoms with van der Waals surface area (Å²) in [6.45, 7) is 0. The number of phenols is 1. The highest BCUT2D eigenvalue weighted by Crippen LogP contribution is 2.28. The van der Waals surface area contributed by atoms with Crippen molar-refractivity contribution in [3.63, 3.8) is 0 Å². The van der Waals surface area contributed by atoms with E-state index in [4.69, 9.17) is 0 Å². The van der Waals surface area contributed by atoms with Crippen molar-refractivity contribution in [3.8, 4) is 17.1 Å².